The number of amides is 4. The van der Waals surface area contributed by atoms with Crippen LogP contribution >= 0.6 is 23.5 Å². The minimum atomic E-state index is -1.21. The topological polar surface area (TPSA) is 157 Å². The Morgan fingerprint density at radius 2 is 1.77 bits per heavy atom. The summed E-state index contributed by atoms with van der Waals surface area (Å²) in [5.74, 6) is 0.704. The lowest BCUT2D eigenvalue weighted by molar-refractivity contribution is -0.140. The van der Waals surface area contributed by atoms with Crippen LogP contribution in [0.5, 0.6) is 0 Å². The minimum Gasteiger partial charge on any atom is -0.444 e. The summed E-state index contributed by atoms with van der Waals surface area (Å²) in [5, 5.41) is 23.6. The van der Waals surface area contributed by atoms with Crippen molar-refractivity contribution in [2.45, 2.75) is 81.1 Å². The smallest absolute Gasteiger partial charge is 0.408 e. The van der Waals surface area contributed by atoms with Crippen LogP contribution < -0.4 is 16.1 Å². The zero-order valence-corrected chi connectivity index (χ0v) is 22.3. The van der Waals surface area contributed by atoms with Crippen LogP contribution in [0.15, 0.2) is 0 Å². The van der Waals surface area contributed by atoms with Gasteiger partial charge >= 0.3 is 6.09 Å². The van der Waals surface area contributed by atoms with E-state index in [9.17, 15) is 24.3 Å². The van der Waals surface area contributed by atoms with Crippen LogP contribution in [0.3, 0.4) is 0 Å². The predicted molar refractivity (Wildman–Crippen MR) is 134 cm³/mol. The first-order chi connectivity index (χ1) is 16.5. The molecule has 0 unspecified atom stereocenters. The standard InChI is InChI=1S/C22H38N4O7S2/c1-21(2,3)33-20(31)24-15(13-27)19(30)26-14-22(34-10-11-35-22)12-16(26)18(29)23-9-7-5-4-6-8-17(28)25-32/h15-16,27,32H,4-14H2,1-3H3,(H,23,29)(H,24,31)(H,25,28)/t15-,16+/m1/s1. The zero-order chi connectivity index (χ0) is 26.1. The third kappa shape index (κ3) is 9.36. The van der Waals surface area contributed by atoms with Crippen molar-refractivity contribution in [3.8, 4) is 0 Å². The minimum absolute atomic E-state index is 0.253. The van der Waals surface area contributed by atoms with Gasteiger partial charge in [0.05, 0.1) is 10.7 Å². The SMILES string of the molecule is CC(C)(C)OC(=O)N[C@H](CO)C(=O)N1CC2(C[C@H]1C(=O)NCCCCCCC(=O)NO)SCCS2. The van der Waals surface area contributed by atoms with Crippen molar-refractivity contribution >= 4 is 47.3 Å². The Morgan fingerprint density at radius 3 is 2.37 bits per heavy atom. The van der Waals surface area contributed by atoms with E-state index in [-0.39, 0.29) is 16.4 Å². The van der Waals surface area contributed by atoms with Crippen molar-refractivity contribution in [1.82, 2.24) is 21.0 Å². The molecule has 2 atom stereocenters. The van der Waals surface area contributed by atoms with E-state index < -0.39 is 42.2 Å². The van der Waals surface area contributed by atoms with Crippen LogP contribution in [0.1, 0.15) is 59.3 Å². The number of carbonyl (C=O) groups excluding carboxylic acids is 4. The summed E-state index contributed by atoms with van der Waals surface area (Å²) in [6, 6.07) is -1.90. The van der Waals surface area contributed by atoms with Gasteiger partial charge in [0, 0.05) is 37.4 Å². The second kappa shape index (κ2) is 13.6. The molecule has 0 saturated carbocycles. The Labute approximate surface area is 214 Å². The Hall–Kier alpha value is -1.70. The van der Waals surface area contributed by atoms with Crippen molar-refractivity contribution in [3.05, 3.63) is 0 Å². The van der Waals surface area contributed by atoms with Gasteiger partial charge in [0.2, 0.25) is 17.7 Å². The number of rotatable bonds is 11. The van der Waals surface area contributed by atoms with Crippen molar-refractivity contribution in [2.24, 2.45) is 0 Å². The quantitative estimate of drug-likeness (QED) is 0.149. The fourth-order valence-corrected chi connectivity index (χ4v) is 7.25. The lowest BCUT2D eigenvalue weighted by Crippen LogP contribution is -2.55. The highest BCUT2D eigenvalue weighted by molar-refractivity contribution is 8.21. The molecule has 13 heteroatoms. The molecule has 5 N–H and O–H groups in total. The summed E-state index contributed by atoms with van der Waals surface area (Å²) in [6.45, 7) is 5.30. The van der Waals surface area contributed by atoms with E-state index in [1.165, 1.54) is 4.90 Å². The number of likely N-dealkylation sites (tertiary alicyclic amines) is 1. The summed E-state index contributed by atoms with van der Waals surface area (Å²) in [4.78, 5) is 51.0. The first kappa shape index (κ1) is 29.5. The van der Waals surface area contributed by atoms with Crippen LogP contribution in [0.25, 0.3) is 0 Å². The van der Waals surface area contributed by atoms with Gasteiger partial charge in [0.15, 0.2) is 0 Å². The Balaban J connectivity index is 1.94. The normalized spacial score (nSPS) is 19.9. The van der Waals surface area contributed by atoms with Gasteiger partial charge in [-0.1, -0.05) is 12.8 Å². The second-order valence-electron chi connectivity index (χ2n) is 9.67. The molecule has 2 saturated heterocycles. The number of aliphatic hydroxyl groups is 1. The van der Waals surface area contributed by atoms with Crippen LogP contribution in [0, 0.1) is 0 Å². The number of alkyl carbamates (subject to hydrolysis) is 1. The molecular weight excluding hydrogens is 496 g/mol. The van der Waals surface area contributed by atoms with E-state index in [0.717, 1.165) is 30.8 Å². The monoisotopic (exact) mass is 534 g/mol. The van der Waals surface area contributed by atoms with Gasteiger partial charge in [-0.3, -0.25) is 19.6 Å². The average molecular weight is 535 g/mol. The van der Waals surface area contributed by atoms with Crippen LogP contribution in [-0.2, 0) is 19.1 Å². The second-order valence-corrected chi connectivity index (χ2v) is 12.9. The van der Waals surface area contributed by atoms with Gasteiger partial charge in [0.1, 0.15) is 17.7 Å². The molecule has 2 aliphatic heterocycles. The highest BCUT2D eigenvalue weighted by atomic mass is 32.2. The van der Waals surface area contributed by atoms with Gasteiger partial charge in [-0.05, 0) is 33.6 Å². The molecule has 2 heterocycles. The maximum absolute atomic E-state index is 13.3. The Morgan fingerprint density at radius 1 is 1.11 bits per heavy atom. The first-order valence-electron chi connectivity index (χ1n) is 11.9. The van der Waals surface area contributed by atoms with Gasteiger partial charge in [0.25, 0.3) is 0 Å². The van der Waals surface area contributed by atoms with Crippen LogP contribution in [0.4, 0.5) is 4.79 Å². The lowest BCUT2D eigenvalue weighted by atomic mass is 10.1. The summed E-state index contributed by atoms with van der Waals surface area (Å²) in [6.07, 6.45) is 2.93. The fraction of sp³-hybridized carbons (Fsp3) is 0.818. The number of hydroxylamine groups is 1. The van der Waals surface area contributed by atoms with E-state index in [0.29, 0.717) is 25.9 Å². The number of ether oxygens (including phenoxy) is 1. The molecule has 0 aromatic carbocycles. The molecule has 2 rings (SSSR count). The number of thioether (sulfide) groups is 2. The number of nitrogens with zero attached hydrogens (tertiary/aromatic N) is 1. The molecule has 0 aromatic heterocycles. The molecule has 0 bridgehead atoms. The van der Waals surface area contributed by atoms with Crippen molar-refractivity contribution in [2.75, 3.05) is 31.2 Å². The van der Waals surface area contributed by atoms with E-state index in [2.05, 4.69) is 10.6 Å². The van der Waals surface area contributed by atoms with E-state index in [1.807, 2.05) is 0 Å². The predicted octanol–water partition coefficient (Wildman–Crippen LogP) is 1.22. The molecule has 11 nitrogen and oxygen atoms in total. The van der Waals surface area contributed by atoms with Crippen molar-refractivity contribution in [1.29, 1.82) is 0 Å². The number of hydrogen-bond donors (Lipinski definition) is 5. The molecule has 35 heavy (non-hydrogen) atoms. The van der Waals surface area contributed by atoms with Crippen LogP contribution in [0.2, 0.25) is 0 Å². The number of hydrogen-bond acceptors (Lipinski definition) is 9. The third-order valence-corrected chi connectivity index (χ3v) is 9.04. The summed E-state index contributed by atoms with van der Waals surface area (Å²) in [7, 11) is 0. The van der Waals surface area contributed by atoms with E-state index in [1.54, 1.807) is 49.8 Å². The van der Waals surface area contributed by atoms with E-state index in [4.69, 9.17) is 9.94 Å². The maximum Gasteiger partial charge on any atom is 0.408 e. The third-order valence-electron chi connectivity index (χ3n) is 5.62. The molecule has 1 spiro atoms. The van der Waals surface area contributed by atoms with E-state index >= 15 is 0 Å². The molecule has 0 aromatic rings. The largest absolute Gasteiger partial charge is 0.444 e. The highest BCUT2D eigenvalue weighted by Gasteiger charge is 2.52. The Bertz CT molecular complexity index is 757. The number of aliphatic hydroxyl groups excluding tert-OH is 1. The maximum atomic E-state index is 13.3. The molecular formula is C22H38N4O7S2. The van der Waals surface area contributed by atoms with Gasteiger partial charge in [-0.25, -0.2) is 10.3 Å². The van der Waals surface area contributed by atoms with Gasteiger partial charge in [-0.15, -0.1) is 23.5 Å². The first-order valence-corrected chi connectivity index (χ1v) is 13.9. The molecule has 0 aliphatic carbocycles. The van der Waals surface area contributed by atoms with Gasteiger partial charge < -0.3 is 25.4 Å². The Kier molecular flexibility index (Phi) is 11.4. The molecule has 2 aliphatic rings. The molecule has 4 amide bonds. The molecule has 0 radical (unpaired) electrons. The molecule has 200 valence electrons. The van der Waals surface area contributed by atoms with Crippen molar-refractivity contribution < 1.29 is 34.2 Å². The number of carbonyl (C=O) groups is 4. The zero-order valence-electron chi connectivity index (χ0n) is 20.6. The lowest BCUT2D eigenvalue weighted by Gasteiger charge is -2.29. The van der Waals surface area contributed by atoms with Crippen LogP contribution in [-0.4, -0.2) is 92.0 Å². The molecule has 2 fully saturated rings. The van der Waals surface area contributed by atoms with Gasteiger partial charge in [-0.2, -0.15) is 0 Å². The summed E-state index contributed by atoms with van der Waals surface area (Å²) < 4.78 is 4.94. The number of nitrogens with one attached hydrogen (secondary N) is 3. The summed E-state index contributed by atoms with van der Waals surface area (Å²) in [5.41, 5.74) is 0.848. The summed E-state index contributed by atoms with van der Waals surface area (Å²) >= 11 is 3.48. The number of unbranched alkanes of at least 4 members (excludes halogenated alkanes) is 3. The van der Waals surface area contributed by atoms with Crippen molar-refractivity contribution in [3.63, 3.8) is 0 Å². The average Bonchev–Trinajstić information content (AvgIpc) is 3.41. The fourth-order valence-electron chi connectivity index (χ4n) is 4.00. The highest BCUT2D eigenvalue weighted by Crippen LogP contribution is 2.51.